The van der Waals surface area contributed by atoms with Gasteiger partial charge in [-0.2, -0.15) is 0 Å². The van der Waals surface area contributed by atoms with Crippen molar-refractivity contribution in [2.75, 3.05) is 19.6 Å². The molecule has 0 radical (unpaired) electrons. The molecular weight excluding hydrogens is 350 g/mol. The summed E-state index contributed by atoms with van der Waals surface area (Å²) in [5.74, 6) is 0.476. The highest BCUT2D eigenvalue weighted by Crippen LogP contribution is 2.31. The van der Waals surface area contributed by atoms with Crippen molar-refractivity contribution in [1.29, 1.82) is 0 Å². The summed E-state index contributed by atoms with van der Waals surface area (Å²) in [5.41, 5.74) is 2.21. The second-order valence-corrected chi connectivity index (χ2v) is 7.89. The molecule has 3 aliphatic heterocycles. The number of nitrogens with zero attached hydrogens (tertiary/aromatic N) is 3. The van der Waals surface area contributed by atoms with Gasteiger partial charge < -0.3 is 9.80 Å². The number of pyridine rings is 1. The van der Waals surface area contributed by atoms with Crippen molar-refractivity contribution in [1.82, 2.24) is 14.8 Å². The molecule has 2 atom stereocenters. The summed E-state index contributed by atoms with van der Waals surface area (Å²) in [6.45, 7) is 5.60. The van der Waals surface area contributed by atoms with Crippen LogP contribution in [0.5, 0.6) is 0 Å². The number of carbonyl (C=O) groups excluding carboxylic acids is 2. The second kappa shape index (κ2) is 6.54. The Labute approximate surface area is 157 Å². The van der Waals surface area contributed by atoms with Gasteiger partial charge >= 0.3 is 0 Å². The fourth-order valence-electron chi connectivity index (χ4n) is 4.25. The minimum absolute atomic E-state index is 0.0305. The molecule has 4 heterocycles. The van der Waals surface area contributed by atoms with E-state index in [1.807, 2.05) is 28.9 Å². The van der Waals surface area contributed by atoms with Gasteiger partial charge in [0.1, 0.15) is 0 Å². The van der Waals surface area contributed by atoms with E-state index in [1.165, 1.54) is 0 Å². The molecule has 3 aliphatic rings. The topological polar surface area (TPSA) is 53.5 Å². The minimum Gasteiger partial charge on any atom is -0.341 e. The Hall–Kier alpha value is -2.14. The molecule has 2 amide bonds. The van der Waals surface area contributed by atoms with Crippen molar-refractivity contribution in [3.8, 4) is 0 Å². The van der Waals surface area contributed by atoms with E-state index in [9.17, 15) is 9.59 Å². The van der Waals surface area contributed by atoms with Gasteiger partial charge in [-0.3, -0.25) is 14.6 Å². The third-order valence-corrected chi connectivity index (χ3v) is 5.79. The van der Waals surface area contributed by atoms with E-state index >= 15 is 0 Å². The first-order valence-corrected chi connectivity index (χ1v) is 9.43. The molecule has 2 bridgehead atoms. The van der Waals surface area contributed by atoms with Gasteiger partial charge in [0.25, 0.3) is 5.91 Å². The highest BCUT2D eigenvalue weighted by molar-refractivity contribution is 6.31. The smallest absolute Gasteiger partial charge is 0.254 e. The minimum atomic E-state index is 0.0305. The van der Waals surface area contributed by atoms with Gasteiger partial charge in [0.2, 0.25) is 5.91 Å². The molecule has 0 aliphatic carbocycles. The summed E-state index contributed by atoms with van der Waals surface area (Å²) < 4.78 is 0. The molecule has 6 heteroatoms. The Morgan fingerprint density at radius 1 is 1.15 bits per heavy atom. The molecule has 26 heavy (non-hydrogen) atoms. The summed E-state index contributed by atoms with van der Waals surface area (Å²) in [6, 6.07) is 7.41. The first-order chi connectivity index (χ1) is 12.4. The molecule has 136 valence electrons. The van der Waals surface area contributed by atoms with Gasteiger partial charge in [-0.1, -0.05) is 17.7 Å². The van der Waals surface area contributed by atoms with Crippen LogP contribution in [0.25, 0.3) is 10.9 Å². The number of hydrogen-bond donors (Lipinski definition) is 0. The molecular formula is C20H22ClN3O2. The Balaban J connectivity index is 1.72. The Morgan fingerprint density at radius 3 is 2.73 bits per heavy atom. The molecule has 3 fully saturated rings. The molecule has 3 saturated heterocycles. The Kier molecular flexibility index (Phi) is 4.35. The number of carbonyl (C=O) groups is 2. The lowest BCUT2D eigenvalue weighted by atomic mass is 9.94. The average Bonchev–Trinajstić information content (AvgIpc) is 2.92. The summed E-state index contributed by atoms with van der Waals surface area (Å²) >= 11 is 6.10. The summed E-state index contributed by atoms with van der Waals surface area (Å²) in [4.78, 5) is 33.7. The van der Waals surface area contributed by atoms with Crippen molar-refractivity contribution >= 4 is 34.3 Å². The maximum Gasteiger partial charge on any atom is 0.254 e. The van der Waals surface area contributed by atoms with Crippen LogP contribution in [0.3, 0.4) is 0 Å². The van der Waals surface area contributed by atoms with E-state index < -0.39 is 0 Å². The summed E-state index contributed by atoms with van der Waals surface area (Å²) in [7, 11) is 0. The monoisotopic (exact) mass is 371 g/mol. The van der Waals surface area contributed by atoms with Crippen LogP contribution in [0.4, 0.5) is 0 Å². The Bertz CT molecular complexity index is 893. The van der Waals surface area contributed by atoms with Gasteiger partial charge in [-0.15, -0.1) is 0 Å². The lowest BCUT2D eigenvalue weighted by molar-refractivity contribution is -0.129. The summed E-state index contributed by atoms with van der Waals surface area (Å²) in [6.07, 6.45) is 2.03. The quantitative estimate of drug-likeness (QED) is 0.773. The number of benzene rings is 1. The molecule has 0 unspecified atom stereocenters. The van der Waals surface area contributed by atoms with Crippen LogP contribution >= 0.6 is 11.6 Å². The van der Waals surface area contributed by atoms with Gasteiger partial charge in [-0.05, 0) is 43.9 Å². The van der Waals surface area contributed by atoms with E-state index in [0.717, 1.165) is 36.0 Å². The van der Waals surface area contributed by atoms with Crippen molar-refractivity contribution in [3.05, 3.63) is 40.5 Å². The third-order valence-electron chi connectivity index (χ3n) is 5.55. The van der Waals surface area contributed by atoms with Crippen molar-refractivity contribution in [2.45, 2.75) is 32.7 Å². The van der Waals surface area contributed by atoms with Gasteiger partial charge in [0.15, 0.2) is 0 Å². The first-order valence-electron chi connectivity index (χ1n) is 9.06. The highest BCUT2D eigenvalue weighted by Gasteiger charge is 2.38. The molecule has 5 rings (SSSR count). The number of aromatic nitrogens is 1. The first kappa shape index (κ1) is 17.3. The number of fused-ring (bicyclic) bond motifs is 5. The van der Waals surface area contributed by atoms with Crippen LogP contribution in [-0.4, -0.2) is 52.3 Å². The lowest BCUT2D eigenvalue weighted by Crippen LogP contribution is -2.47. The summed E-state index contributed by atoms with van der Waals surface area (Å²) in [5, 5.41) is 1.44. The largest absolute Gasteiger partial charge is 0.341 e. The van der Waals surface area contributed by atoms with Crippen LogP contribution in [0.15, 0.2) is 24.3 Å². The van der Waals surface area contributed by atoms with E-state index in [0.29, 0.717) is 29.6 Å². The van der Waals surface area contributed by atoms with Crippen LogP contribution in [0.1, 0.15) is 35.8 Å². The molecule has 1 aromatic carbocycles. The number of rotatable bonds is 1. The number of halogens is 1. The van der Waals surface area contributed by atoms with Crippen LogP contribution in [0, 0.1) is 12.8 Å². The number of piperidine rings is 1. The van der Waals surface area contributed by atoms with Crippen molar-refractivity contribution in [3.63, 3.8) is 0 Å². The molecule has 0 saturated carbocycles. The van der Waals surface area contributed by atoms with E-state index in [2.05, 4.69) is 4.98 Å². The molecule has 0 spiro atoms. The van der Waals surface area contributed by atoms with Gasteiger partial charge in [0, 0.05) is 48.7 Å². The predicted molar refractivity (Wildman–Crippen MR) is 101 cm³/mol. The zero-order valence-electron chi connectivity index (χ0n) is 15.0. The van der Waals surface area contributed by atoms with Gasteiger partial charge in [0.05, 0.1) is 11.1 Å². The van der Waals surface area contributed by atoms with E-state index in [-0.39, 0.29) is 17.9 Å². The van der Waals surface area contributed by atoms with E-state index in [1.54, 1.807) is 19.1 Å². The fraction of sp³-hybridized carbons (Fsp3) is 0.450. The number of amides is 2. The van der Waals surface area contributed by atoms with Crippen molar-refractivity contribution in [2.24, 2.45) is 5.92 Å². The number of hydrogen-bond acceptors (Lipinski definition) is 3. The maximum absolute atomic E-state index is 13.4. The fourth-order valence-corrected chi connectivity index (χ4v) is 4.42. The second-order valence-electron chi connectivity index (χ2n) is 7.45. The zero-order chi connectivity index (χ0) is 18.4. The third kappa shape index (κ3) is 3.05. The molecule has 2 aromatic rings. The maximum atomic E-state index is 13.4. The van der Waals surface area contributed by atoms with Crippen molar-refractivity contribution < 1.29 is 9.59 Å². The lowest BCUT2D eigenvalue weighted by Gasteiger charge is -2.36. The van der Waals surface area contributed by atoms with Crippen LogP contribution < -0.4 is 0 Å². The standard InChI is InChI=1S/C20H22ClN3O2/c1-12-7-18(17-6-4-15(21)8-19(17)22-12)20(26)24-10-14-3-5-16(24)11-23(9-14)13(2)25/h4,6-8,14,16H,3,5,9-11H2,1-2H3/t14-,16+/m0/s1. The zero-order valence-corrected chi connectivity index (χ0v) is 15.8. The highest BCUT2D eigenvalue weighted by atomic mass is 35.5. The predicted octanol–water partition coefficient (Wildman–Crippen LogP) is 3.28. The molecule has 0 N–H and O–H groups in total. The SMILES string of the molecule is CC(=O)N1C[C@@H]2CC[C@H](C1)N(C(=O)c1cc(C)nc3cc(Cl)ccc13)C2. The van der Waals surface area contributed by atoms with Gasteiger partial charge in [-0.25, -0.2) is 0 Å². The molecule has 5 nitrogen and oxygen atoms in total. The number of aryl methyl sites for hydroxylation is 1. The Morgan fingerprint density at radius 2 is 1.96 bits per heavy atom. The molecule has 1 aromatic heterocycles. The van der Waals surface area contributed by atoms with E-state index in [4.69, 9.17) is 11.6 Å². The van der Waals surface area contributed by atoms with Crippen LogP contribution in [-0.2, 0) is 4.79 Å². The average molecular weight is 372 g/mol. The van der Waals surface area contributed by atoms with Crippen LogP contribution in [0.2, 0.25) is 5.02 Å². The normalized spacial score (nSPS) is 22.6.